The van der Waals surface area contributed by atoms with E-state index in [1.54, 1.807) is 0 Å². The van der Waals surface area contributed by atoms with E-state index in [9.17, 15) is 0 Å². The van der Waals surface area contributed by atoms with Crippen LogP contribution < -0.4 is 4.90 Å². The second kappa shape index (κ2) is 5.26. The molecule has 0 N–H and O–H groups in total. The Morgan fingerprint density at radius 1 is 1.11 bits per heavy atom. The summed E-state index contributed by atoms with van der Waals surface area (Å²) in [4.78, 5) is 2.44. The highest BCUT2D eigenvalue weighted by Crippen LogP contribution is 2.35. The van der Waals surface area contributed by atoms with E-state index < -0.39 is 0 Å². The van der Waals surface area contributed by atoms with Gasteiger partial charge in [0.25, 0.3) is 0 Å². The molecule has 0 aliphatic carbocycles. The third-order valence-electron chi connectivity index (χ3n) is 3.82. The van der Waals surface area contributed by atoms with Crippen LogP contribution >= 0.6 is 11.6 Å². The van der Waals surface area contributed by atoms with Gasteiger partial charge in [-0.15, -0.1) is 11.6 Å². The topological polar surface area (TPSA) is 3.24 Å². The van der Waals surface area contributed by atoms with E-state index in [2.05, 4.69) is 54.3 Å². The minimum atomic E-state index is 0.581. The molecule has 98 valence electrons. The van der Waals surface area contributed by atoms with E-state index >= 15 is 0 Å². The van der Waals surface area contributed by atoms with Crippen molar-refractivity contribution >= 4 is 23.0 Å². The van der Waals surface area contributed by atoms with E-state index in [1.165, 1.54) is 40.9 Å². The maximum Gasteiger partial charge on any atom is 0.0474 e. The number of rotatable bonds is 2. The van der Waals surface area contributed by atoms with Crippen LogP contribution in [0.2, 0.25) is 0 Å². The predicted octanol–water partition coefficient (Wildman–Crippen LogP) is 4.82. The molecule has 0 aromatic heterocycles. The molecule has 0 fully saturated rings. The molecule has 0 bridgehead atoms. The molecular weight excluding hydrogens is 254 g/mol. The minimum Gasteiger partial charge on any atom is -0.341 e. The van der Waals surface area contributed by atoms with Crippen molar-refractivity contribution in [2.45, 2.75) is 25.6 Å². The Labute approximate surface area is 119 Å². The Morgan fingerprint density at radius 2 is 1.95 bits per heavy atom. The Bertz CT molecular complexity index is 592. The lowest BCUT2D eigenvalue weighted by Crippen LogP contribution is -2.25. The Kier molecular flexibility index (Phi) is 3.48. The molecule has 0 amide bonds. The molecule has 0 saturated heterocycles. The Morgan fingerprint density at radius 3 is 2.74 bits per heavy atom. The average molecular weight is 272 g/mol. The first-order valence-electron chi connectivity index (χ1n) is 6.80. The molecule has 3 rings (SSSR count). The summed E-state index contributed by atoms with van der Waals surface area (Å²) >= 11 is 5.90. The number of benzene rings is 2. The van der Waals surface area contributed by atoms with Crippen molar-refractivity contribution < 1.29 is 0 Å². The van der Waals surface area contributed by atoms with Gasteiger partial charge in [0.05, 0.1) is 0 Å². The van der Waals surface area contributed by atoms with Gasteiger partial charge in [-0.1, -0.05) is 30.3 Å². The Hall–Kier alpha value is -1.47. The molecule has 1 nitrogen and oxygen atoms in total. The van der Waals surface area contributed by atoms with Crippen LogP contribution in [-0.4, -0.2) is 6.54 Å². The van der Waals surface area contributed by atoms with Gasteiger partial charge in [0.15, 0.2) is 0 Å². The van der Waals surface area contributed by atoms with Gasteiger partial charge in [-0.2, -0.15) is 0 Å². The van der Waals surface area contributed by atoms with Crippen LogP contribution in [0.4, 0.5) is 11.4 Å². The van der Waals surface area contributed by atoms with Gasteiger partial charge < -0.3 is 4.90 Å². The van der Waals surface area contributed by atoms with E-state index in [0.717, 1.165) is 6.54 Å². The monoisotopic (exact) mass is 271 g/mol. The molecule has 2 aromatic carbocycles. The van der Waals surface area contributed by atoms with Crippen LogP contribution in [0.25, 0.3) is 0 Å². The normalized spacial score (nSPS) is 14.3. The summed E-state index contributed by atoms with van der Waals surface area (Å²) in [6, 6.07) is 15.3. The van der Waals surface area contributed by atoms with Crippen molar-refractivity contribution in [3.8, 4) is 0 Å². The maximum absolute atomic E-state index is 5.90. The van der Waals surface area contributed by atoms with Crippen LogP contribution in [0, 0.1) is 6.92 Å². The summed E-state index contributed by atoms with van der Waals surface area (Å²) in [5, 5.41) is 0. The molecule has 2 heteroatoms. The third kappa shape index (κ3) is 2.35. The van der Waals surface area contributed by atoms with Gasteiger partial charge >= 0.3 is 0 Å². The molecule has 0 atom stereocenters. The molecule has 0 unspecified atom stereocenters. The molecule has 1 aliphatic heterocycles. The smallest absolute Gasteiger partial charge is 0.0474 e. The average Bonchev–Trinajstić information content (AvgIpc) is 2.46. The van der Waals surface area contributed by atoms with Crippen LogP contribution in [0.1, 0.15) is 23.1 Å². The van der Waals surface area contributed by atoms with Crippen molar-refractivity contribution in [1.82, 2.24) is 0 Å². The van der Waals surface area contributed by atoms with E-state index in [1.807, 2.05) is 0 Å². The summed E-state index contributed by atoms with van der Waals surface area (Å²) in [5.41, 5.74) is 6.61. The first-order valence-corrected chi connectivity index (χ1v) is 7.34. The van der Waals surface area contributed by atoms with Crippen molar-refractivity contribution in [1.29, 1.82) is 0 Å². The van der Waals surface area contributed by atoms with Crippen LogP contribution in [0.5, 0.6) is 0 Å². The molecular formula is C17H18ClN. The number of fused-ring (bicyclic) bond motifs is 1. The largest absolute Gasteiger partial charge is 0.341 e. The fraction of sp³-hybridized carbons (Fsp3) is 0.294. The van der Waals surface area contributed by atoms with Crippen molar-refractivity contribution in [2.24, 2.45) is 0 Å². The highest BCUT2D eigenvalue weighted by Gasteiger charge is 2.18. The highest BCUT2D eigenvalue weighted by atomic mass is 35.5. The third-order valence-corrected chi connectivity index (χ3v) is 4.13. The van der Waals surface area contributed by atoms with E-state index in [-0.39, 0.29) is 0 Å². The molecule has 2 aromatic rings. The minimum absolute atomic E-state index is 0.581. The number of alkyl halides is 1. The number of nitrogens with zero attached hydrogens (tertiary/aromatic N) is 1. The number of hydrogen-bond acceptors (Lipinski definition) is 1. The summed E-state index contributed by atoms with van der Waals surface area (Å²) in [5.74, 6) is 0.581. The van der Waals surface area contributed by atoms with Gasteiger partial charge in [0.2, 0.25) is 0 Å². The van der Waals surface area contributed by atoms with Crippen LogP contribution in [-0.2, 0) is 12.3 Å². The summed E-state index contributed by atoms with van der Waals surface area (Å²) in [7, 11) is 0. The molecule has 1 heterocycles. The number of hydrogen-bond donors (Lipinski definition) is 0. The SMILES string of the molecule is Cc1cc(CCl)ccc1N1CCCc2ccccc21. The van der Waals surface area contributed by atoms with Gasteiger partial charge in [0.1, 0.15) is 0 Å². The van der Waals surface area contributed by atoms with Crippen LogP contribution in [0.3, 0.4) is 0 Å². The Balaban J connectivity index is 2.04. The predicted molar refractivity (Wildman–Crippen MR) is 82.5 cm³/mol. The van der Waals surface area contributed by atoms with Crippen molar-refractivity contribution in [3.05, 3.63) is 59.2 Å². The molecule has 1 aliphatic rings. The lowest BCUT2D eigenvalue weighted by atomic mass is 10.00. The van der Waals surface area contributed by atoms with Gasteiger partial charge in [0, 0.05) is 23.8 Å². The lowest BCUT2D eigenvalue weighted by Gasteiger charge is -2.32. The van der Waals surface area contributed by atoms with Crippen molar-refractivity contribution in [3.63, 3.8) is 0 Å². The number of para-hydroxylation sites is 1. The zero-order valence-electron chi connectivity index (χ0n) is 11.2. The first kappa shape index (κ1) is 12.6. The highest BCUT2D eigenvalue weighted by molar-refractivity contribution is 6.17. The fourth-order valence-corrected chi connectivity index (χ4v) is 3.05. The van der Waals surface area contributed by atoms with Gasteiger partial charge in [-0.05, 0) is 48.6 Å². The zero-order chi connectivity index (χ0) is 13.2. The van der Waals surface area contributed by atoms with E-state index in [0.29, 0.717) is 5.88 Å². The van der Waals surface area contributed by atoms with E-state index in [4.69, 9.17) is 11.6 Å². The second-order valence-corrected chi connectivity index (χ2v) is 5.41. The summed E-state index contributed by atoms with van der Waals surface area (Å²) < 4.78 is 0. The molecule has 0 saturated carbocycles. The zero-order valence-corrected chi connectivity index (χ0v) is 12.0. The lowest BCUT2D eigenvalue weighted by molar-refractivity contribution is 0.765. The molecule has 0 spiro atoms. The first-order chi connectivity index (χ1) is 9.29. The number of aryl methyl sites for hydroxylation is 2. The standard InChI is InChI=1S/C17H18ClN/c1-13-11-14(12-18)8-9-16(13)19-10-4-6-15-5-2-3-7-17(15)19/h2-3,5,7-9,11H,4,6,10,12H2,1H3. The molecule has 0 radical (unpaired) electrons. The van der Waals surface area contributed by atoms with Crippen LogP contribution in [0.15, 0.2) is 42.5 Å². The number of halogens is 1. The number of anilines is 2. The van der Waals surface area contributed by atoms with Gasteiger partial charge in [-0.3, -0.25) is 0 Å². The summed E-state index contributed by atoms with van der Waals surface area (Å²) in [6.07, 6.45) is 2.40. The maximum atomic E-state index is 5.90. The quantitative estimate of drug-likeness (QED) is 0.708. The van der Waals surface area contributed by atoms with Gasteiger partial charge in [-0.25, -0.2) is 0 Å². The molecule has 19 heavy (non-hydrogen) atoms. The fourth-order valence-electron chi connectivity index (χ4n) is 2.89. The summed E-state index contributed by atoms with van der Waals surface area (Å²) in [6.45, 7) is 3.26. The van der Waals surface area contributed by atoms with Crippen molar-refractivity contribution in [2.75, 3.05) is 11.4 Å². The second-order valence-electron chi connectivity index (χ2n) is 5.14.